The minimum atomic E-state index is -0.186. The van der Waals surface area contributed by atoms with E-state index in [1.54, 1.807) is 6.07 Å². The molecule has 0 bridgehead atoms. The van der Waals surface area contributed by atoms with Crippen LogP contribution in [0, 0.1) is 5.82 Å². The van der Waals surface area contributed by atoms with Gasteiger partial charge in [0.2, 0.25) is 6.79 Å². The number of ether oxygens (including phenoxy) is 2. The van der Waals surface area contributed by atoms with Crippen LogP contribution in [-0.4, -0.2) is 30.8 Å². The number of nitrogens with zero attached hydrogens (tertiary/aromatic N) is 1. The topological polar surface area (TPSA) is 21.7 Å². The Hall–Kier alpha value is -1.29. The predicted molar refractivity (Wildman–Crippen MR) is 71.1 cm³/mol. The SMILES string of the molecule is C[C@@H]1CCCCN1CCc1cc2c(cc1F)OCO2. The van der Waals surface area contributed by atoms with E-state index in [1.165, 1.54) is 25.3 Å². The van der Waals surface area contributed by atoms with Crippen LogP contribution in [-0.2, 0) is 6.42 Å². The summed E-state index contributed by atoms with van der Waals surface area (Å²) < 4.78 is 24.4. The van der Waals surface area contributed by atoms with Gasteiger partial charge in [0.15, 0.2) is 11.5 Å². The highest BCUT2D eigenvalue weighted by Crippen LogP contribution is 2.34. The molecule has 0 unspecified atom stereocenters. The summed E-state index contributed by atoms with van der Waals surface area (Å²) in [5.41, 5.74) is 0.724. The molecule has 2 heterocycles. The molecule has 104 valence electrons. The Balaban J connectivity index is 1.66. The first-order chi connectivity index (χ1) is 9.24. The minimum absolute atomic E-state index is 0.186. The molecule has 3 rings (SSSR count). The number of rotatable bonds is 3. The third-order valence-corrected chi connectivity index (χ3v) is 4.15. The maximum absolute atomic E-state index is 13.9. The lowest BCUT2D eigenvalue weighted by molar-refractivity contribution is 0.162. The van der Waals surface area contributed by atoms with Gasteiger partial charge in [-0.1, -0.05) is 6.42 Å². The van der Waals surface area contributed by atoms with E-state index < -0.39 is 0 Å². The molecule has 0 spiro atoms. The van der Waals surface area contributed by atoms with Crippen molar-refractivity contribution in [2.45, 2.75) is 38.6 Å². The van der Waals surface area contributed by atoms with Crippen molar-refractivity contribution in [3.63, 3.8) is 0 Å². The molecule has 1 saturated heterocycles. The predicted octanol–water partition coefficient (Wildman–Crippen LogP) is 2.97. The summed E-state index contributed by atoms with van der Waals surface area (Å²) in [6, 6.07) is 3.84. The second kappa shape index (κ2) is 5.37. The average molecular weight is 265 g/mol. The number of piperidine rings is 1. The molecular weight excluding hydrogens is 245 g/mol. The molecular formula is C15H20FNO2. The highest BCUT2D eigenvalue weighted by atomic mass is 19.1. The van der Waals surface area contributed by atoms with Crippen LogP contribution in [0.15, 0.2) is 12.1 Å². The highest BCUT2D eigenvalue weighted by molar-refractivity contribution is 5.45. The normalized spacial score (nSPS) is 22.7. The van der Waals surface area contributed by atoms with Gasteiger partial charge >= 0.3 is 0 Å². The first-order valence-electron chi connectivity index (χ1n) is 7.06. The molecule has 0 N–H and O–H groups in total. The van der Waals surface area contributed by atoms with Gasteiger partial charge in [-0.2, -0.15) is 0 Å². The molecule has 0 amide bonds. The lowest BCUT2D eigenvalue weighted by atomic mass is 10.0. The Bertz CT molecular complexity index is 464. The summed E-state index contributed by atoms with van der Waals surface area (Å²) in [5, 5.41) is 0. The molecule has 2 aliphatic heterocycles. The van der Waals surface area contributed by atoms with Crippen LogP contribution in [0.4, 0.5) is 4.39 Å². The lowest BCUT2D eigenvalue weighted by Crippen LogP contribution is -2.38. The van der Waals surface area contributed by atoms with Gasteiger partial charge in [-0.3, -0.25) is 0 Å². The summed E-state index contributed by atoms with van der Waals surface area (Å²) in [6.45, 7) is 4.50. The van der Waals surface area contributed by atoms with E-state index in [0.717, 1.165) is 25.1 Å². The van der Waals surface area contributed by atoms with Gasteiger partial charge in [-0.15, -0.1) is 0 Å². The minimum Gasteiger partial charge on any atom is -0.454 e. The van der Waals surface area contributed by atoms with Crippen molar-refractivity contribution < 1.29 is 13.9 Å². The summed E-state index contributed by atoms with van der Waals surface area (Å²) in [6.07, 6.45) is 4.56. The molecule has 2 aliphatic rings. The Morgan fingerprint density at radius 1 is 1.26 bits per heavy atom. The van der Waals surface area contributed by atoms with Crippen LogP contribution < -0.4 is 9.47 Å². The first-order valence-corrected chi connectivity index (χ1v) is 7.06. The fraction of sp³-hybridized carbons (Fsp3) is 0.600. The molecule has 0 aromatic heterocycles. The Morgan fingerprint density at radius 2 is 2.05 bits per heavy atom. The molecule has 0 aliphatic carbocycles. The number of halogens is 1. The molecule has 1 atom stereocenters. The third kappa shape index (κ3) is 2.68. The van der Waals surface area contributed by atoms with Gasteiger partial charge in [0, 0.05) is 18.7 Å². The summed E-state index contributed by atoms with van der Waals surface area (Å²) >= 11 is 0. The highest BCUT2D eigenvalue weighted by Gasteiger charge is 2.20. The second-order valence-electron chi connectivity index (χ2n) is 5.43. The number of hydrogen-bond donors (Lipinski definition) is 0. The van der Waals surface area contributed by atoms with Crippen LogP contribution >= 0.6 is 0 Å². The van der Waals surface area contributed by atoms with Crippen LogP contribution in [0.5, 0.6) is 11.5 Å². The Morgan fingerprint density at radius 3 is 2.84 bits per heavy atom. The zero-order chi connectivity index (χ0) is 13.2. The van der Waals surface area contributed by atoms with Crippen LogP contribution in [0.3, 0.4) is 0 Å². The molecule has 1 aromatic carbocycles. The number of benzene rings is 1. The van der Waals surface area contributed by atoms with Crippen LogP contribution in [0.25, 0.3) is 0 Å². The van der Waals surface area contributed by atoms with Gasteiger partial charge in [0.1, 0.15) is 5.82 Å². The van der Waals surface area contributed by atoms with Crippen LogP contribution in [0.2, 0.25) is 0 Å². The van der Waals surface area contributed by atoms with E-state index in [-0.39, 0.29) is 12.6 Å². The van der Waals surface area contributed by atoms with Crippen molar-refractivity contribution in [2.75, 3.05) is 19.9 Å². The van der Waals surface area contributed by atoms with Crippen molar-refractivity contribution in [3.05, 3.63) is 23.5 Å². The molecule has 3 nitrogen and oxygen atoms in total. The smallest absolute Gasteiger partial charge is 0.231 e. The van der Waals surface area contributed by atoms with Gasteiger partial charge in [0.05, 0.1) is 0 Å². The van der Waals surface area contributed by atoms with E-state index in [4.69, 9.17) is 9.47 Å². The quantitative estimate of drug-likeness (QED) is 0.838. The average Bonchev–Trinajstić information content (AvgIpc) is 2.84. The second-order valence-corrected chi connectivity index (χ2v) is 5.43. The molecule has 0 saturated carbocycles. The fourth-order valence-corrected chi connectivity index (χ4v) is 2.90. The summed E-state index contributed by atoms with van der Waals surface area (Å²) in [5.74, 6) is 1.00. The number of fused-ring (bicyclic) bond motifs is 1. The Labute approximate surface area is 113 Å². The standard InChI is InChI=1S/C15H20FNO2/c1-11-4-2-3-6-17(11)7-5-12-8-14-15(9-13(12)16)19-10-18-14/h8-9,11H,2-7,10H2,1H3/t11-/m1/s1. The molecule has 1 aromatic rings. The van der Waals surface area contributed by atoms with Crippen molar-refractivity contribution in [1.29, 1.82) is 0 Å². The van der Waals surface area contributed by atoms with E-state index in [1.807, 2.05) is 0 Å². The lowest BCUT2D eigenvalue weighted by Gasteiger charge is -2.33. The monoisotopic (exact) mass is 265 g/mol. The maximum Gasteiger partial charge on any atom is 0.231 e. The fourth-order valence-electron chi connectivity index (χ4n) is 2.90. The van der Waals surface area contributed by atoms with Crippen molar-refractivity contribution in [1.82, 2.24) is 4.90 Å². The molecule has 19 heavy (non-hydrogen) atoms. The van der Waals surface area contributed by atoms with E-state index in [9.17, 15) is 4.39 Å². The number of likely N-dealkylation sites (tertiary alicyclic amines) is 1. The summed E-state index contributed by atoms with van der Waals surface area (Å²) in [7, 11) is 0. The van der Waals surface area contributed by atoms with Crippen molar-refractivity contribution in [2.24, 2.45) is 0 Å². The van der Waals surface area contributed by atoms with Crippen molar-refractivity contribution >= 4 is 0 Å². The van der Waals surface area contributed by atoms with Gasteiger partial charge < -0.3 is 14.4 Å². The Kier molecular flexibility index (Phi) is 3.60. The van der Waals surface area contributed by atoms with Gasteiger partial charge in [-0.25, -0.2) is 4.39 Å². The van der Waals surface area contributed by atoms with Gasteiger partial charge in [0.25, 0.3) is 0 Å². The van der Waals surface area contributed by atoms with E-state index in [0.29, 0.717) is 17.5 Å². The van der Waals surface area contributed by atoms with Crippen molar-refractivity contribution in [3.8, 4) is 11.5 Å². The third-order valence-electron chi connectivity index (χ3n) is 4.15. The van der Waals surface area contributed by atoms with E-state index in [2.05, 4.69) is 11.8 Å². The zero-order valence-electron chi connectivity index (χ0n) is 11.3. The van der Waals surface area contributed by atoms with E-state index >= 15 is 0 Å². The molecule has 4 heteroatoms. The zero-order valence-corrected chi connectivity index (χ0v) is 11.3. The summed E-state index contributed by atoms with van der Waals surface area (Å²) in [4.78, 5) is 2.45. The molecule has 1 fully saturated rings. The van der Waals surface area contributed by atoms with Gasteiger partial charge in [-0.05, 0) is 44.4 Å². The van der Waals surface area contributed by atoms with Crippen LogP contribution in [0.1, 0.15) is 31.7 Å². The maximum atomic E-state index is 13.9. The first kappa shape index (κ1) is 12.7. The number of hydrogen-bond acceptors (Lipinski definition) is 3. The largest absolute Gasteiger partial charge is 0.454 e. The molecule has 0 radical (unpaired) electrons.